The first-order valence-corrected chi connectivity index (χ1v) is 9.34. The second-order valence-electron chi connectivity index (χ2n) is 5.76. The molecular formula is C15H18ClN3O2S. The zero-order valence-electron chi connectivity index (χ0n) is 12.2. The highest BCUT2D eigenvalue weighted by atomic mass is 35.5. The molecule has 0 unspecified atom stereocenters. The molecule has 1 aromatic rings. The van der Waals surface area contributed by atoms with Crippen LogP contribution in [0.15, 0.2) is 18.2 Å². The smallest absolute Gasteiger partial charge is 0.218 e. The summed E-state index contributed by atoms with van der Waals surface area (Å²) in [6.45, 7) is 2.27. The minimum Gasteiger partial charge on any atom is -0.368 e. The van der Waals surface area contributed by atoms with Crippen LogP contribution in [0.3, 0.4) is 0 Å². The molecule has 2 aliphatic rings. The van der Waals surface area contributed by atoms with Gasteiger partial charge in [-0.2, -0.15) is 5.26 Å². The van der Waals surface area contributed by atoms with E-state index >= 15 is 0 Å². The van der Waals surface area contributed by atoms with Crippen LogP contribution in [0.4, 0.5) is 5.69 Å². The Morgan fingerprint density at radius 2 is 1.95 bits per heavy atom. The van der Waals surface area contributed by atoms with Gasteiger partial charge in [0, 0.05) is 26.2 Å². The molecule has 0 N–H and O–H groups in total. The van der Waals surface area contributed by atoms with Gasteiger partial charge >= 0.3 is 0 Å². The highest BCUT2D eigenvalue weighted by molar-refractivity contribution is 7.89. The van der Waals surface area contributed by atoms with E-state index in [1.54, 1.807) is 22.5 Å². The number of hydrogen-bond donors (Lipinski definition) is 0. The zero-order chi connectivity index (χ0) is 15.7. The second kappa shape index (κ2) is 6.07. The summed E-state index contributed by atoms with van der Waals surface area (Å²) in [6, 6.07) is 7.32. The minimum atomic E-state index is -3.25. The van der Waals surface area contributed by atoms with E-state index in [1.807, 2.05) is 4.90 Å². The third-order valence-corrected chi connectivity index (χ3v) is 7.03. The summed E-state index contributed by atoms with van der Waals surface area (Å²) < 4.78 is 26.9. The van der Waals surface area contributed by atoms with Gasteiger partial charge in [0.2, 0.25) is 10.0 Å². The van der Waals surface area contributed by atoms with Crippen LogP contribution in [-0.4, -0.2) is 44.2 Å². The number of nitrogens with zero attached hydrogens (tertiary/aromatic N) is 3. The quantitative estimate of drug-likeness (QED) is 0.847. The summed E-state index contributed by atoms with van der Waals surface area (Å²) in [6.07, 6.45) is 2.46. The van der Waals surface area contributed by atoms with Crippen LogP contribution in [-0.2, 0) is 10.0 Å². The van der Waals surface area contributed by atoms with Crippen molar-refractivity contribution >= 4 is 27.3 Å². The standard InChI is InChI=1S/C15H18ClN3O2S/c16-14-5-3-4-12(10-17)15(14)18-9-6-13(11-18)22(20,21)19-7-1-2-8-19/h3-5,13H,1-2,6-9,11H2/t13-/m1/s1. The van der Waals surface area contributed by atoms with E-state index in [9.17, 15) is 13.7 Å². The van der Waals surface area contributed by atoms with Gasteiger partial charge in [-0.15, -0.1) is 0 Å². The van der Waals surface area contributed by atoms with Gasteiger partial charge < -0.3 is 4.90 Å². The van der Waals surface area contributed by atoms with Gasteiger partial charge in [0.05, 0.1) is 21.5 Å². The van der Waals surface area contributed by atoms with Crippen molar-refractivity contribution in [1.82, 2.24) is 4.31 Å². The van der Waals surface area contributed by atoms with Crippen LogP contribution in [0.1, 0.15) is 24.8 Å². The molecule has 118 valence electrons. The number of hydrogen-bond acceptors (Lipinski definition) is 4. The van der Waals surface area contributed by atoms with Crippen LogP contribution in [0.2, 0.25) is 5.02 Å². The molecule has 2 aliphatic heterocycles. The summed E-state index contributed by atoms with van der Waals surface area (Å²) >= 11 is 6.22. The van der Waals surface area contributed by atoms with E-state index in [2.05, 4.69) is 6.07 Å². The summed E-state index contributed by atoms with van der Waals surface area (Å²) in [5.74, 6) is 0. The molecule has 3 rings (SSSR count). The lowest BCUT2D eigenvalue weighted by Gasteiger charge is -2.23. The number of anilines is 1. The number of sulfonamides is 1. The maximum absolute atomic E-state index is 12.7. The molecule has 5 nitrogen and oxygen atoms in total. The number of para-hydroxylation sites is 1. The molecule has 0 aromatic heterocycles. The average molecular weight is 340 g/mol. The summed E-state index contributed by atoms with van der Waals surface area (Å²) in [5, 5.41) is 9.33. The van der Waals surface area contributed by atoms with Crippen molar-refractivity contribution in [1.29, 1.82) is 5.26 Å². The molecule has 0 radical (unpaired) electrons. The first-order chi connectivity index (χ1) is 10.5. The highest BCUT2D eigenvalue weighted by Gasteiger charge is 2.39. The van der Waals surface area contributed by atoms with E-state index in [0.29, 0.717) is 48.9 Å². The molecule has 7 heteroatoms. The van der Waals surface area contributed by atoms with Crippen molar-refractivity contribution in [2.24, 2.45) is 0 Å². The monoisotopic (exact) mass is 339 g/mol. The molecule has 2 heterocycles. The van der Waals surface area contributed by atoms with E-state index in [0.717, 1.165) is 12.8 Å². The third kappa shape index (κ3) is 2.69. The Balaban J connectivity index is 1.83. The molecule has 0 spiro atoms. The second-order valence-corrected chi connectivity index (χ2v) is 8.38. The van der Waals surface area contributed by atoms with Gasteiger partial charge in [0.15, 0.2) is 0 Å². The highest BCUT2D eigenvalue weighted by Crippen LogP contribution is 2.34. The van der Waals surface area contributed by atoms with Crippen molar-refractivity contribution < 1.29 is 8.42 Å². The van der Waals surface area contributed by atoms with Gasteiger partial charge in [0.1, 0.15) is 6.07 Å². The van der Waals surface area contributed by atoms with Crippen LogP contribution in [0.25, 0.3) is 0 Å². The lowest BCUT2D eigenvalue weighted by atomic mass is 10.2. The fourth-order valence-corrected chi connectivity index (χ4v) is 5.51. The van der Waals surface area contributed by atoms with E-state index < -0.39 is 15.3 Å². The first kappa shape index (κ1) is 15.6. The fourth-order valence-electron chi connectivity index (χ4n) is 3.25. The number of nitriles is 1. The summed E-state index contributed by atoms with van der Waals surface area (Å²) in [7, 11) is -3.25. The molecule has 2 fully saturated rings. The Labute approximate surface area is 136 Å². The minimum absolute atomic E-state index is 0.400. The van der Waals surface area contributed by atoms with Crippen LogP contribution in [0, 0.1) is 11.3 Å². The number of halogens is 1. The number of benzene rings is 1. The molecule has 22 heavy (non-hydrogen) atoms. The molecular weight excluding hydrogens is 322 g/mol. The zero-order valence-corrected chi connectivity index (χ0v) is 13.8. The Morgan fingerprint density at radius 3 is 2.64 bits per heavy atom. The van der Waals surface area contributed by atoms with Crippen LogP contribution >= 0.6 is 11.6 Å². The van der Waals surface area contributed by atoms with Gasteiger partial charge in [-0.3, -0.25) is 0 Å². The summed E-state index contributed by atoms with van der Waals surface area (Å²) in [4.78, 5) is 1.93. The van der Waals surface area contributed by atoms with Crippen molar-refractivity contribution in [2.45, 2.75) is 24.5 Å². The maximum Gasteiger partial charge on any atom is 0.218 e. The maximum atomic E-state index is 12.7. The van der Waals surface area contributed by atoms with Gasteiger partial charge in [0.25, 0.3) is 0 Å². The van der Waals surface area contributed by atoms with E-state index in [-0.39, 0.29) is 0 Å². The Morgan fingerprint density at radius 1 is 1.23 bits per heavy atom. The predicted octanol–water partition coefficient (Wildman–Crippen LogP) is 2.22. The van der Waals surface area contributed by atoms with E-state index in [4.69, 9.17) is 11.6 Å². The first-order valence-electron chi connectivity index (χ1n) is 7.46. The van der Waals surface area contributed by atoms with Gasteiger partial charge in [-0.1, -0.05) is 17.7 Å². The Bertz CT molecular complexity index is 708. The largest absolute Gasteiger partial charge is 0.368 e. The predicted molar refractivity (Wildman–Crippen MR) is 86.5 cm³/mol. The molecule has 0 saturated carbocycles. The van der Waals surface area contributed by atoms with Crippen LogP contribution in [0.5, 0.6) is 0 Å². The normalized spacial score (nSPS) is 22.9. The molecule has 0 amide bonds. The SMILES string of the molecule is N#Cc1cccc(Cl)c1N1CC[C@@H](S(=O)(=O)N2CCCC2)C1. The Kier molecular flexibility index (Phi) is 4.31. The Hall–Kier alpha value is -1.29. The van der Waals surface area contributed by atoms with Crippen molar-refractivity contribution in [3.8, 4) is 6.07 Å². The average Bonchev–Trinajstić information content (AvgIpc) is 3.18. The molecule has 1 atom stereocenters. The van der Waals surface area contributed by atoms with Gasteiger partial charge in [-0.05, 0) is 31.4 Å². The topological polar surface area (TPSA) is 64.4 Å². The lowest BCUT2D eigenvalue weighted by Crippen LogP contribution is -2.38. The molecule has 1 aromatic carbocycles. The number of rotatable bonds is 3. The van der Waals surface area contributed by atoms with Crippen molar-refractivity contribution in [2.75, 3.05) is 31.1 Å². The third-order valence-electron chi connectivity index (χ3n) is 4.41. The fraction of sp³-hybridized carbons (Fsp3) is 0.533. The van der Waals surface area contributed by atoms with Gasteiger partial charge in [-0.25, -0.2) is 12.7 Å². The summed E-state index contributed by atoms with van der Waals surface area (Å²) in [5.41, 5.74) is 1.15. The molecule has 0 bridgehead atoms. The molecule has 2 saturated heterocycles. The molecule has 0 aliphatic carbocycles. The van der Waals surface area contributed by atoms with Crippen molar-refractivity contribution in [3.05, 3.63) is 28.8 Å². The van der Waals surface area contributed by atoms with Crippen molar-refractivity contribution in [3.63, 3.8) is 0 Å². The van der Waals surface area contributed by atoms with E-state index in [1.165, 1.54) is 0 Å². The van der Waals surface area contributed by atoms with Crippen LogP contribution < -0.4 is 4.90 Å². The lowest BCUT2D eigenvalue weighted by molar-refractivity contribution is 0.467.